The van der Waals surface area contributed by atoms with Crippen LogP contribution in [-0.2, 0) is 4.79 Å². The van der Waals surface area contributed by atoms with Crippen LogP contribution in [0, 0.1) is 43.6 Å². The van der Waals surface area contributed by atoms with Crippen LogP contribution in [0.25, 0.3) is 0 Å². The van der Waals surface area contributed by atoms with E-state index in [0.29, 0.717) is 0 Å². The number of nitro groups is 1. The number of nitro benzene ring substituents is 1. The molecule has 0 aliphatic rings. The first-order valence-corrected chi connectivity index (χ1v) is 8.63. The fourth-order valence-corrected chi connectivity index (χ4v) is 3.55. The lowest BCUT2D eigenvalue weighted by atomic mass is 10.0. The Labute approximate surface area is 149 Å². The Morgan fingerprint density at radius 2 is 1.76 bits per heavy atom. The number of anilines is 1. The zero-order valence-corrected chi connectivity index (χ0v) is 15.3. The van der Waals surface area contributed by atoms with Gasteiger partial charge >= 0.3 is 0 Å². The molecule has 0 heterocycles. The molecule has 5 nitrogen and oxygen atoms in total. The van der Waals surface area contributed by atoms with E-state index in [9.17, 15) is 19.3 Å². The number of non-ortho nitro benzene ring substituents is 1. The molecular formula is C18H19FN2O3S. The predicted molar refractivity (Wildman–Crippen MR) is 97.8 cm³/mol. The number of halogens is 1. The van der Waals surface area contributed by atoms with Crippen LogP contribution in [0.1, 0.15) is 22.3 Å². The molecule has 0 saturated carbocycles. The van der Waals surface area contributed by atoms with Gasteiger partial charge in [-0.3, -0.25) is 14.9 Å². The number of carbonyl (C=O) groups is 1. The first-order chi connectivity index (χ1) is 11.7. The molecule has 2 aromatic carbocycles. The summed E-state index contributed by atoms with van der Waals surface area (Å²) in [6.45, 7) is 8.04. The first kappa shape index (κ1) is 18.9. The lowest BCUT2D eigenvalue weighted by Crippen LogP contribution is -2.15. The molecule has 0 saturated heterocycles. The van der Waals surface area contributed by atoms with Crippen molar-refractivity contribution in [3.63, 3.8) is 0 Å². The van der Waals surface area contributed by atoms with Gasteiger partial charge in [-0.05, 0) is 56.0 Å². The summed E-state index contributed by atoms with van der Waals surface area (Å²) in [5, 5.41) is 13.2. The van der Waals surface area contributed by atoms with E-state index in [-0.39, 0.29) is 17.1 Å². The van der Waals surface area contributed by atoms with Crippen molar-refractivity contribution < 1.29 is 14.1 Å². The van der Waals surface area contributed by atoms with Crippen molar-refractivity contribution in [2.24, 2.45) is 0 Å². The van der Waals surface area contributed by atoms with E-state index >= 15 is 0 Å². The third kappa shape index (κ3) is 4.36. The zero-order valence-electron chi connectivity index (χ0n) is 14.5. The zero-order chi connectivity index (χ0) is 18.7. The standard InChI is InChI=1S/C18H19FN2O3S/c1-10-7-11(2)13(4)18(12(10)3)25-9-17(22)20-16-8-14(21(23)24)5-6-15(16)19/h5-8H,9H2,1-4H3,(H,20,22). The average molecular weight is 362 g/mol. The molecule has 0 aromatic heterocycles. The van der Waals surface area contributed by atoms with Crippen molar-refractivity contribution in [2.75, 3.05) is 11.1 Å². The molecule has 25 heavy (non-hydrogen) atoms. The molecule has 2 rings (SSSR count). The summed E-state index contributed by atoms with van der Waals surface area (Å²) in [5.41, 5.74) is 4.07. The van der Waals surface area contributed by atoms with Gasteiger partial charge in [-0.15, -0.1) is 11.8 Å². The molecule has 0 bridgehead atoms. The SMILES string of the molecule is Cc1cc(C)c(C)c(SCC(=O)Nc2cc([N+](=O)[O-])ccc2F)c1C. The minimum atomic E-state index is -0.706. The molecule has 0 atom stereocenters. The van der Waals surface area contributed by atoms with Crippen molar-refractivity contribution in [1.29, 1.82) is 0 Å². The van der Waals surface area contributed by atoms with Gasteiger partial charge in [-0.1, -0.05) is 6.07 Å². The molecular weight excluding hydrogens is 343 g/mol. The van der Waals surface area contributed by atoms with Crippen molar-refractivity contribution >= 4 is 29.0 Å². The molecule has 0 unspecified atom stereocenters. The van der Waals surface area contributed by atoms with Crippen LogP contribution in [-0.4, -0.2) is 16.6 Å². The molecule has 2 aromatic rings. The van der Waals surface area contributed by atoms with Gasteiger partial charge in [0.15, 0.2) is 0 Å². The fraction of sp³-hybridized carbons (Fsp3) is 0.278. The molecule has 0 aliphatic heterocycles. The van der Waals surface area contributed by atoms with Crippen molar-refractivity contribution in [3.8, 4) is 0 Å². The van der Waals surface area contributed by atoms with Crippen LogP contribution in [0.5, 0.6) is 0 Å². The molecule has 0 fully saturated rings. The summed E-state index contributed by atoms with van der Waals surface area (Å²) in [6.07, 6.45) is 0. The van der Waals surface area contributed by atoms with Gasteiger partial charge in [0.05, 0.1) is 16.4 Å². The highest BCUT2D eigenvalue weighted by Crippen LogP contribution is 2.31. The van der Waals surface area contributed by atoms with Crippen LogP contribution < -0.4 is 5.32 Å². The van der Waals surface area contributed by atoms with Crippen molar-refractivity contribution in [1.82, 2.24) is 0 Å². The monoisotopic (exact) mass is 362 g/mol. The molecule has 132 valence electrons. The summed E-state index contributed by atoms with van der Waals surface area (Å²) in [5.74, 6) is -1.03. The van der Waals surface area contributed by atoms with Crippen molar-refractivity contribution in [2.45, 2.75) is 32.6 Å². The largest absolute Gasteiger partial charge is 0.323 e. The van der Waals surface area contributed by atoms with Gasteiger partial charge < -0.3 is 5.32 Å². The summed E-state index contributed by atoms with van der Waals surface area (Å²) in [7, 11) is 0. The minimum Gasteiger partial charge on any atom is -0.323 e. The lowest BCUT2D eigenvalue weighted by molar-refractivity contribution is -0.384. The number of rotatable bonds is 5. The van der Waals surface area contributed by atoms with Gasteiger partial charge in [0, 0.05) is 17.0 Å². The number of carbonyl (C=O) groups excluding carboxylic acids is 1. The number of hydrogen-bond donors (Lipinski definition) is 1. The molecule has 7 heteroatoms. The maximum absolute atomic E-state index is 13.7. The highest BCUT2D eigenvalue weighted by molar-refractivity contribution is 8.00. The molecule has 1 N–H and O–H groups in total. The predicted octanol–water partition coefficient (Wildman–Crippen LogP) is 4.70. The fourth-order valence-electron chi connectivity index (χ4n) is 2.44. The van der Waals surface area contributed by atoms with Gasteiger partial charge in [0.25, 0.3) is 5.69 Å². The lowest BCUT2D eigenvalue weighted by Gasteiger charge is -2.14. The third-order valence-corrected chi connectivity index (χ3v) is 5.39. The maximum atomic E-state index is 13.7. The molecule has 1 amide bonds. The molecule has 0 radical (unpaired) electrons. The Hall–Kier alpha value is -2.41. The summed E-state index contributed by atoms with van der Waals surface area (Å²) >= 11 is 1.38. The van der Waals surface area contributed by atoms with E-state index in [1.165, 1.54) is 11.8 Å². The number of nitrogens with zero attached hydrogens (tertiary/aromatic N) is 1. The minimum absolute atomic E-state index is 0.0900. The van der Waals surface area contributed by atoms with E-state index in [0.717, 1.165) is 45.3 Å². The van der Waals surface area contributed by atoms with E-state index in [2.05, 4.69) is 11.4 Å². The second kappa shape index (κ2) is 7.65. The number of hydrogen-bond acceptors (Lipinski definition) is 4. The number of nitrogens with one attached hydrogen (secondary N) is 1. The Morgan fingerprint density at radius 1 is 1.16 bits per heavy atom. The number of aryl methyl sites for hydroxylation is 2. The summed E-state index contributed by atoms with van der Waals surface area (Å²) in [4.78, 5) is 23.3. The van der Waals surface area contributed by atoms with Crippen LogP contribution in [0.3, 0.4) is 0 Å². The first-order valence-electron chi connectivity index (χ1n) is 7.64. The summed E-state index contributed by atoms with van der Waals surface area (Å²) < 4.78 is 13.7. The normalized spacial score (nSPS) is 10.6. The Bertz CT molecular complexity index is 826. The summed E-state index contributed by atoms with van der Waals surface area (Å²) in [6, 6.07) is 5.15. The van der Waals surface area contributed by atoms with E-state index in [4.69, 9.17) is 0 Å². The third-order valence-electron chi connectivity index (χ3n) is 4.08. The number of amides is 1. The van der Waals surface area contributed by atoms with E-state index < -0.39 is 16.6 Å². The highest BCUT2D eigenvalue weighted by Gasteiger charge is 2.15. The van der Waals surface area contributed by atoms with Crippen LogP contribution >= 0.6 is 11.8 Å². The van der Waals surface area contributed by atoms with Gasteiger partial charge in [0.1, 0.15) is 5.82 Å². The van der Waals surface area contributed by atoms with Crippen LogP contribution in [0.15, 0.2) is 29.2 Å². The van der Waals surface area contributed by atoms with Crippen molar-refractivity contribution in [3.05, 3.63) is 62.5 Å². The smallest absolute Gasteiger partial charge is 0.271 e. The van der Waals surface area contributed by atoms with Gasteiger partial charge in [-0.25, -0.2) is 4.39 Å². The van der Waals surface area contributed by atoms with Gasteiger partial charge in [-0.2, -0.15) is 0 Å². The second-order valence-electron chi connectivity index (χ2n) is 5.85. The average Bonchev–Trinajstić information content (AvgIpc) is 2.54. The Kier molecular flexibility index (Phi) is 5.79. The maximum Gasteiger partial charge on any atom is 0.271 e. The topological polar surface area (TPSA) is 72.2 Å². The molecule has 0 aliphatic carbocycles. The Balaban J connectivity index is 2.12. The highest BCUT2D eigenvalue weighted by atomic mass is 32.2. The molecule has 0 spiro atoms. The Morgan fingerprint density at radius 3 is 2.32 bits per heavy atom. The number of benzene rings is 2. The second-order valence-corrected chi connectivity index (χ2v) is 6.83. The quantitative estimate of drug-likeness (QED) is 0.475. The van der Waals surface area contributed by atoms with Crippen LogP contribution in [0.2, 0.25) is 0 Å². The van der Waals surface area contributed by atoms with E-state index in [1.807, 2.05) is 27.7 Å². The number of thioether (sulfide) groups is 1. The van der Waals surface area contributed by atoms with E-state index in [1.54, 1.807) is 0 Å². The van der Waals surface area contributed by atoms with Crippen LogP contribution in [0.4, 0.5) is 15.8 Å². The van der Waals surface area contributed by atoms with Gasteiger partial charge in [0.2, 0.25) is 5.91 Å².